The van der Waals surface area contributed by atoms with Crippen molar-refractivity contribution >= 4 is 17.2 Å². The van der Waals surface area contributed by atoms with Crippen LogP contribution in [0.1, 0.15) is 36.6 Å². The number of likely N-dealkylation sites (tertiary alicyclic amines) is 1. The molecule has 0 aliphatic carbocycles. The van der Waals surface area contributed by atoms with Crippen molar-refractivity contribution in [2.45, 2.75) is 51.2 Å². The predicted molar refractivity (Wildman–Crippen MR) is 138 cm³/mol. The van der Waals surface area contributed by atoms with Gasteiger partial charge in [0, 0.05) is 31.5 Å². The molecule has 2 aliphatic heterocycles. The largest absolute Gasteiger partial charge is 0.417 e. The van der Waals surface area contributed by atoms with Crippen LogP contribution in [-0.2, 0) is 17.5 Å². The summed E-state index contributed by atoms with van der Waals surface area (Å²) >= 11 is 0. The van der Waals surface area contributed by atoms with E-state index in [1.54, 1.807) is 11.4 Å². The molecule has 15 heteroatoms. The van der Waals surface area contributed by atoms with Crippen LogP contribution in [0.25, 0.3) is 16.9 Å². The SMILES string of the molecule is Cc1c(CN2CCC(C(C)(O)C(F)(F)F)CC2)cc2c(N3CCOCC3)nc(-c3cnc(N)cc3C(F)(F)F)nn12. The highest BCUT2D eigenvalue weighted by Gasteiger charge is 2.55. The number of piperidine rings is 1. The summed E-state index contributed by atoms with van der Waals surface area (Å²) in [5.41, 5.74) is 3.57. The Morgan fingerprint density at radius 1 is 1.05 bits per heavy atom. The van der Waals surface area contributed by atoms with Crippen LogP contribution in [0, 0.1) is 12.8 Å². The van der Waals surface area contributed by atoms with Gasteiger partial charge in [-0.15, -0.1) is 5.10 Å². The summed E-state index contributed by atoms with van der Waals surface area (Å²) in [7, 11) is 0. The summed E-state index contributed by atoms with van der Waals surface area (Å²) in [5, 5.41) is 14.6. The van der Waals surface area contributed by atoms with Crippen LogP contribution in [0.2, 0.25) is 0 Å². The Morgan fingerprint density at radius 2 is 1.71 bits per heavy atom. The van der Waals surface area contributed by atoms with Gasteiger partial charge in [-0.2, -0.15) is 26.3 Å². The van der Waals surface area contributed by atoms with Gasteiger partial charge >= 0.3 is 12.4 Å². The molecule has 5 heterocycles. The first-order chi connectivity index (χ1) is 19.2. The number of nitrogens with two attached hydrogens (primary N) is 1. The van der Waals surface area contributed by atoms with Gasteiger partial charge in [0.1, 0.15) is 11.3 Å². The molecule has 1 unspecified atom stereocenters. The monoisotopic (exact) mass is 587 g/mol. The van der Waals surface area contributed by atoms with Gasteiger partial charge in [-0.3, -0.25) is 4.90 Å². The van der Waals surface area contributed by atoms with Crippen molar-refractivity contribution in [1.29, 1.82) is 0 Å². The van der Waals surface area contributed by atoms with E-state index in [0.29, 0.717) is 63.0 Å². The number of aliphatic hydroxyl groups is 1. The van der Waals surface area contributed by atoms with Crippen LogP contribution in [0.3, 0.4) is 0 Å². The van der Waals surface area contributed by atoms with E-state index in [2.05, 4.69) is 15.1 Å². The lowest BCUT2D eigenvalue weighted by Crippen LogP contribution is -2.52. The Kier molecular flexibility index (Phi) is 7.57. The molecule has 224 valence electrons. The molecular formula is C26H31F6N7O2. The second-order valence-electron chi connectivity index (χ2n) is 10.8. The molecule has 9 nitrogen and oxygen atoms in total. The summed E-state index contributed by atoms with van der Waals surface area (Å²) in [6.07, 6.45) is -8.07. The van der Waals surface area contributed by atoms with E-state index in [9.17, 15) is 31.4 Å². The summed E-state index contributed by atoms with van der Waals surface area (Å²) in [6.45, 7) is 5.50. The highest BCUT2D eigenvalue weighted by Crippen LogP contribution is 2.41. The molecule has 0 spiro atoms. The van der Waals surface area contributed by atoms with Gasteiger partial charge in [0.05, 0.1) is 24.3 Å². The van der Waals surface area contributed by atoms with Gasteiger partial charge in [0.25, 0.3) is 0 Å². The molecule has 0 aromatic carbocycles. The Labute approximate surface area is 231 Å². The van der Waals surface area contributed by atoms with Gasteiger partial charge in [-0.05, 0) is 63.4 Å². The minimum Gasteiger partial charge on any atom is -0.384 e. The van der Waals surface area contributed by atoms with Crippen LogP contribution in [0.4, 0.5) is 38.0 Å². The third-order valence-corrected chi connectivity index (χ3v) is 8.09. The van der Waals surface area contributed by atoms with Crippen LogP contribution in [0.15, 0.2) is 18.3 Å². The Bertz CT molecular complexity index is 1410. The number of rotatable bonds is 5. The first-order valence-electron chi connectivity index (χ1n) is 13.2. The molecule has 0 amide bonds. The summed E-state index contributed by atoms with van der Waals surface area (Å²) < 4.78 is 88.8. The average Bonchev–Trinajstić information content (AvgIpc) is 3.22. The van der Waals surface area contributed by atoms with Crippen molar-refractivity contribution in [1.82, 2.24) is 24.5 Å². The molecule has 2 fully saturated rings. The fraction of sp³-hybridized carbons (Fsp3) is 0.577. The van der Waals surface area contributed by atoms with Crippen LogP contribution in [0.5, 0.6) is 0 Å². The lowest BCUT2D eigenvalue weighted by Gasteiger charge is -2.40. The Morgan fingerprint density at radius 3 is 2.32 bits per heavy atom. The zero-order chi connectivity index (χ0) is 29.7. The zero-order valence-electron chi connectivity index (χ0n) is 22.6. The molecule has 0 saturated carbocycles. The molecule has 2 aliphatic rings. The van der Waals surface area contributed by atoms with E-state index in [-0.39, 0.29) is 30.0 Å². The molecule has 3 N–H and O–H groups in total. The number of pyridine rings is 1. The number of fused-ring (bicyclic) bond motifs is 1. The number of morpholine rings is 1. The number of nitrogen functional groups attached to an aromatic ring is 1. The second kappa shape index (κ2) is 10.6. The lowest BCUT2D eigenvalue weighted by molar-refractivity contribution is -0.275. The van der Waals surface area contributed by atoms with Crippen LogP contribution >= 0.6 is 0 Å². The molecular weight excluding hydrogens is 556 g/mol. The maximum absolute atomic E-state index is 13.9. The molecule has 2 saturated heterocycles. The molecule has 41 heavy (non-hydrogen) atoms. The summed E-state index contributed by atoms with van der Waals surface area (Å²) in [6, 6.07) is 2.62. The lowest BCUT2D eigenvalue weighted by atomic mass is 9.81. The number of nitrogens with zero attached hydrogens (tertiary/aromatic N) is 6. The first kappa shape index (κ1) is 29.3. The molecule has 3 aromatic heterocycles. The fourth-order valence-electron chi connectivity index (χ4n) is 5.50. The molecule has 3 aromatic rings. The minimum absolute atomic E-state index is 0.167. The number of aryl methyl sites for hydroxylation is 1. The highest BCUT2D eigenvalue weighted by atomic mass is 19.4. The Hall–Kier alpha value is -3.17. The van der Waals surface area contributed by atoms with E-state index < -0.39 is 29.4 Å². The minimum atomic E-state index is -4.72. The van der Waals surface area contributed by atoms with Gasteiger partial charge in [0.15, 0.2) is 17.2 Å². The first-order valence-corrected chi connectivity index (χ1v) is 13.2. The van der Waals surface area contributed by atoms with E-state index in [1.807, 2.05) is 15.9 Å². The van der Waals surface area contributed by atoms with E-state index in [1.165, 1.54) is 0 Å². The smallest absolute Gasteiger partial charge is 0.384 e. The van der Waals surface area contributed by atoms with Crippen molar-refractivity contribution in [3.8, 4) is 11.4 Å². The molecule has 5 rings (SSSR count). The number of hydrogen-bond donors (Lipinski definition) is 2. The summed E-state index contributed by atoms with van der Waals surface area (Å²) in [4.78, 5) is 12.4. The van der Waals surface area contributed by atoms with Gasteiger partial charge in [0.2, 0.25) is 0 Å². The standard InChI is InChI=1S/C26H31F6N7O2/c1-15-16(14-37-5-3-17(4-6-37)24(2,40)26(30,31)32)11-20-23(38-7-9-41-10-8-38)35-22(36-39(15)20)18-13-34-21(33)12-19(18)25(27,28)29/h11-13,17,40H,3-10,14H2,1-2H3,(H2,33,34). The predicted octanol–water partition coefficient (Wildman–Crippen LogP) is 4.06. The van der Waals surface area contributed by atoms with E-state index in [0.717, 1.165) is 24.8 Å². The maximum Gasteiger partial charge on any atom is 0.417 e. The molecule has 0 bridgehead atoms. The second-order valence-corrected chi connectivity index (χ2v) is 10.8. The van der Waals surface area contributed by atoms with Gasteiger partial charge in [-0.25, -0.2) is 14.5 Å². The van der Waals surface area contributed by atoms with Crippen molar-refractivity contribution in [3.63, 3.8) is 0 Å². The van der Waals surface area contributed by atoms with Crippen LogP contribution < -0.4 is 10.6 Å². The number of halogens is 6. The van der Waals surface area contributed by atoms with Crippen molar-refractivity contribution in [2.24, 2.45) is 5.92 Å². The topological polar surface area (TPSA) is 105 Å². The number of aromatic nitrogens is 4. The maximum atomic E-state index is 13.9. The third kappa shape index (κ3) is 5.66. The van der Waals surface area contributed by atoms with Gasteiger partial charge in [-0.1, -0.05) is 0 Å². The zero-order valence-corrected chi connectivity index (χ0v) is 22.6. The van der Waals surface area contributed by atoms with Crippen molar-refractivity contribution in [2.75, 3.05) is 50.0 Å². The van der Waals surface area contributed by atoms with Crippen molar-refractivity contribution < 1.29 is 36.2 Å². The van der Waals surface area contributed by atoms with Crippen LogP contribution in [-0.4, -0.2) is 80.8 Å². The molecule has 0 radical (unpaired) electrons. The number of anilines is 2. The number of alkyl halides is 6. The van der Waals surface area contributed by atoms with Crippen molar-refractivity contribution in [3.05, 3.63) is 35.2 Å². The summed E-state index contributed by atoms with van der Waals surface area (Å²) in [5.74, 6) is -0.919. The number of hydrogen-bond acceptors (Lipinski definition) is 8. The normalized spacial score (nSPS) is 19.6. The van der Waals surface area contributed by atoms with Gasteiger partial charge < -0.3 is 20.5 Å². The van der Waals surface area contributed by atoms with E-state index in [4.69, 9.17) is 10.5 Å². The third-order valence-electron chi connectivity index (χ3n) is 8.09. The molecule has 1 atom stereocenters. The fourth-order valence-corrected chi connectivity index (χ4v) is 5.50. The van der Waals surface area contributed by atoms with E-state index >= 15 is 0 Å². The average molecular weight is 588 g/mol. The highest BCUT2D eigenvalue weighted by molar-refractivity contribution is 5.74. The quantitative estimate of drug-likeness (QED) is 0.431. The number of ether oxygens (including phenoxy) is 1. The Balaban J connectivity index is 1.50.